The van der Waals surface area contributed by atoms with E-state index in [4.69, 9.17) is 5.11 Å². The molecule has 0 aliphatic carbocycles. The molecule has 24 heavy (non-hydrogen) atoms. The fraction of sp³-hybridized carbons (Fsp3) is 0.438. The van der Waals surface area contributed by atoms with Crippen molar-refractivity contribution in [2.24, 2.45) is 5.92 Å². The first-order valence-corrected chi connectivity index (χ1v) is 7.70. The molecule has 2 atom stereocenters. The Morgan fingerprint density at radius 2 is 1.88 bits per heavy atom. The van der Waals surface area contributed by atoms with Gasteiger partial charge in [-0.05, 0) is 31.4 Å². The first-order valence-electron chi connectivity index (χ1n) is 7.70. The molecule has 1 aromatic rings. The molecule has 2 heterocycles. The van der Waals surface area contributed by atoms with E-state index in [0.717, 1.165) is 12.1 Å². The van der Waals surface area contributed by atoms with E-state index in [1.165, 1.54) is 15.9 Å². The van der Waals surface area contributed by atoms with Crippen molar-refractivity contribution in [1.29, 1.82) is 0 Å². The van der Waals surface area contributed by atoms with Gasteiger partial charge in [-0.3, -0.25) is 9.59 Å². The Bertz CT molecular complexity index is 709. The summed E-state index contributed by atoms with van der Waals surface area (Å²) in [5.41, 5.74) is 0.186. The van der Waals surface area contributed by atoms with Crippen LogP contribution in [0.4, 0.5) is 14.5 Å². The fourth-order valence-corrected chi connectivity index (χ4v) is 3.31. The van der Waals surface area contributed by atoms with Crippen LogP contribution in [0.15, 0.2) is 18.2 Å². The summed E-state index contributed by atoms with van der Waals surface area (Å²) in [6, 6.07) is 2.21. The summed E-state index contributed by atoms with van der Waals surface area (Å²) in [6.45, 7) is 0.511. The van der Waals surface area contributed by atoms with Crippen molar-refractivity contribution < 1.29 is 28.3 Å². The zero-order valence-corrected chi connectivity index (χ0v) is 12.7. The van der Waals surface area contributed by atoms with E-state index in [1.54, 1.807) is 0 Å². The lowest BCUT2D eigenvalue weighted by Crippen LogP contribution is -2.45. The number of hydrogen-bond donors (Lipinski definition) is 1. The molecule has 1 N–H and O–H groups in total. The average Bonchev–Trinajstić information content (AvgIpc) is 3.16. The number of nitrogens with zero attached hydrogens (tertiary/aromatic N) is 2. The van der Waals surface area contributed by atoms with Gasteiger partial charge in [0, 0.05) is 24.8 Å². The highest BCUT2D eigenvalue weighted by atomic mass is 19.2. The van der Waals surface area contributed by atoms with E-state index in [1.807, 2.05) is 0 Å². The smallest absolute Gasteiger partial charge is 0.326 e. The molecule has 128 valence electrons. The Morgan fingerprint density at radius 1 is 1.12 bits per heavy atom. The van der Waals surface area contributed by atoms with E-state index in [-0.39, 0.29) is 18.7 Å². The number of amides is 2. The Hall–Kier alpha value is -2.51. The van der Waals surface area contributed by atoms with Crippen LogP contribution in [-0.4, -0.2) is 46.9 Å². The summed E-state index contributed by atoms with van der Waals surface area (Å²) in [7, 11) is 0. The van der Waals surface area contributed by atoms with Gasteiger partial charge in [-0.2, -0.15) is 0 Å². The Kier molecular flexibility index (Phi) is 4.21. The van der Waals surface area contributed by atoms with Gasteiger partial charge in [0.15, 0.2) is 11.6 Å². The minimum absolute atomic E-state index is 0.186. The van der Waals surface area contributed by atoms with E-state index < -0.39 is 41.4 Å². The lowest BCUT2D eigenvalue weighted by Gasteiger charge is -2.24. The van der Waals surface area contributed by atoms with Gasteiger partial charge in [0.05, 0.1) is 0 Å². The molecule has 0 bridgehead atoms. The molecule has 0 aromatic heterocycles. The molecular formula is C16H16F2N2O4. The second kappa shape index (κ2) is 6.18. The topological polar surface area (TPSA) is 77.9 Å². The molecule has 2 amide bonds. The summed E-state index contributed by atoms with van der Waals surface area (Å²) < 4.78 is 26.4. The van der Waals surface area contributed by atoms with Crippen molar-refractivity contribution in [2.45, 2.75) is 25.3 Å². The summed E-state index contributed by atoms with van der Waals surface area (Å²) >= 11 is 0. The molecule has 2 saturated heterocycles. The average molecular weight is 338 g/mol. The number of carbonyl (C=O) groups is 3. The highest BCUT2D eigenvalue weighted by Gasteiger charge is 2.44. The molecular weight excluding hydrogens is 322 g/mol. The summed E-state index contributed by atoms with van der Waals surface area (Å²) in [6.07, 6.45) is 1.17. The predicted molar refractivity (Wildman–Crippen MR) is 79.2 cm³/mol. The van der Waals surface area contributed by atoms with Gasteiger partial charge in [-0.25, -0.2) is 13.6 Å². The predicted octanol–water partition coefficient (Wildman–Crippen LogP) is 1.39. The van der Waals surface area contributed by atoms with Crippen LogP contribution in [0.3, 0.4) is 0 Å². The molecule has 0 radical (unpaired) electrons. The molecule has 6 nitrogen and oxygen atoms in total. The molecule has 2 aliphatic heterocycles. The van der Waals surface area contributed by atoms with Gasteiger partial charge in [0.25, 0.3) is 0 Å². The van der Waals surface area contributed by atoms with E-state index in [9.17, 15) is 23.2 Å². The molecule has 8 heteroatoms. The van der Waals surface area contributed by atoms with Crippen molar-refractivity contribution in [3.63, 3.8) is 0 Å². The molecule has 3 rings (SSSR count). The normalized spacial score (nSPS) is 23.8. The van der Waals surface area contributed by atoms with Crippen LogP contribution in [0.2, 0.25) is 0 Å². The molecule has 2 aliphatic rings. The fourth-order valence-electron chi connectivity index (χ4n) is 3.31. The van der Waals surface area contributed by atoms with E-state index >= 15 is 0 Å². The lowest BCUT2D eigenvalue weighted by atomic mass is 10.1. The van der Waals surface area contributed by atoms with Crippen LogP contribution >= 0.6 is 0 Å². The third kappa shape index (κ3) is 2.72. The maximum atomic E-state index is 13.3. The number of carboxylic acids is 1. The number of rotatable bonds is 3. The number of benzene rings is 1. The van der Waals surface area contributed by atoms with Gasteiger partial charge >= 0.3 is 5.97 Å². The minimum atomic E-state index is -1.08. The third-order valence-electron chi connectivity index (χ3n) is 4.54. The zero-order chi connectivity index (χ0) is 17.4. The van der Waals surface area contributed by atoms with Gasteiger partial charge in [0.1, 0.15) is 12.0 Å². The number of carbonyl (C=O) groups excluding carboxylic acids is 2. The maximum Gasteiger partial charge on any atom is 0.326 e. The van der Waals surface area contributed by atoms with Crippen LogP contribution in [0.1, 0.15) is 19.3 Å². The molecule has 2 unspecified atom stereocenters. The van der Waals surface area contributed by atoms with Crippen molar-refractivity contribution >= 4 is 23.5 Å². The van der Waals surface area contributed by atoms with Gasteiger partial charge in [-0.15, -0.1) is 0 Å². The van der Waals surface area contributed by atoms with Crippen molar-refractivity contribution in [3.8, 4) is 0 Å². The van der Waals surface area contributed by atoms with Crippen LogP contribution in [0.5, 0.6) is 0 Å². The molecule has 0 spiro atoms. The van der Waals surface area contributed by atoms with E-state index in [2.05, 4.69) is 0 Å². The quantitative estimate of drug-likeness (QED) is 0.845. The molecule has 0 saturated carbocycles. The largest absolute Gasteiger partial charge is 0.480 e. The van der Waals surface area contributed by atoms with Crippen LogP contribution < -0.4 is 4.90 Å². The lowest BCUT2D eigenvalue weighted by molar-refractivity contribution is -0.151. The van der Waals surface area contributed by atoms with Crippen LogP contribution in [-0.2, 0) is 14.4 Å². The number of anilines is 1. The van der Waals surface area contributed by atoms with Crippen LogP contribution in [0, 0.1) is 17.6 Å². The molecule has 1 aromatic carbocycles. The van der Waals surface area contributed by atoms with Gasteiger partial charge < -0.3 is 14.9 Å². The van der Waals surface area contributed by atoms with Gasteiger partial charge in [-0.1, -0.05) is 0 Å². The second-order valence-electron chi connectivity index (χ2n) is 5.96. The number of carboxylic acid groups (broad SMARTS) is 1. The van der Waals surface area contributed by atoms with Crippen molar-refractivity contribution in [1.82, 2.24) is 4.90 Å². The Labute approximate surface area is 136 Å². The first kappa shape index (κ1) is 16.4. The third-order valence-corrected chi connectivity index (χ3v) is 4.54. The molecule has 2 fully saturated rings. The second-order valence-corrected chi connectivity index (χ2v) is 5.96. The summed E-state index contributed by atoms with van der Waals surface area (Å²) in [5, 5.41) is 9.16. The number of hydrogen-bond acceptors (Lipinski definition) is 3. The van der Waals surface area contributed by atoms with Gasteiger partial charge in [0.2, 0.25) is 11.8 Å². The maximum absolute atomic E-state index is 13.3. The summed E-state index contributed by atoms with van der Waals surface area (Å²) in [4.78, 5) is 38.7. The minimum Gasteiger partial charge on any atom is -0.480 e. The highest BCUT2D eigenvalue weighted by molar-refractivity contribution is 6.10. The van der Waals surface area contributed by atoms with Crippen LogP contribution in [0.25, 0.3) is 0 Å². The van der Waals surface area contributed by atoms with Crippen molar-refractivity contribution in [3.05, 3.63) is 29.8 Å². The standard InChI is InChI=1S/C16H16F2N2O4/c17-11-4-3-9(8-12(11)18)19-7-5-10(14(19)21)15(22)20-6-1-2-13(20)16(23)24/h3-4,8,10,13H,1-2,5-7H2,(H,23,24). The number of likely N-dealkylation sites (tertiary alicyclic amines) is 1. The zero-order valence-electron chi connectivity index (χ0n) is 12.7. The SMILES string of the molecule is O=C(O)C1CCCN1C(=O)C1CCN(c2ccc(F)c(F)c2)C1=O. The number of aliphatic carboxylic acids is 1. The Balaban J connectivity index is 1.77. The summed E-state index contributed by atoms with van der Waals surface area (Å²) in [5.74, 6) is -5.15. The first-order chi connectivity index (χ1) is 11.4. The monoisotopic (exact) mass is 338 g/mol. The van der Waals surface area contributed by atoms with Crippen molar-refractivity contribution in [2.75, 3.05) is 18.0 Å². The Morgan fingerprint density at radius 3 is 2.54 bits per heavy atom. The highest BCUT2D eigenvalue weighted by Crippen LogP contribution is 2.29. The number of halogens is 2. The van der Waals surface area contributed by atoms with E-state index in [0.29, 0.717) is 19.4 Å².